The molecule has 5 heteroatoms. The summed E-state index contributed by atoms with van der Waals surface area (Å²) >= 11 is 0. The highest BCUT2D eigenvalue weighted by Gasteiger charge is 2.22. The van der Waals surface area contributed by atoms with Gasteiger partial charge in [0.15, 0.2) is 0 Å². The van der Waals surface area contributed by atoms with Gasteiger partial charge >= 0.3 is 5.97 Å². The molecule has 0 aromatic heterocycles. The normalized spacial score (nSPS) is 19.2. The molecule has 1 aliphatic rings. The summed E-state index contributed by atoms with van der Waals surface area (Å²) in [6, 6.07) is 6.78. The Kier molecular flexibility index (Phi) is 4.15. The third kappa shape index (κ3) is 3.43. The van der Waals surface area contributed by atoms with E-state index in [0.717, 1.165) is 25.2 Å². The molecule has 4 nitrogen and oxygen atoms in total. The third-order valence-electron chi connectivity index (χ3n) is 3.15. The van der Waals surface area contributed by atoms with E-state index in [9.17, 15) is 9.18 Å². The number of benzene rings is 1. The summed E-state index contributed by atoms with van der Waals surface area (Å²) in [4.78, 5) is 12.6. The largest absolute Gasteiger partial charge is 0.481 e. The lowest BCUT2D eigenvalue weighted by atomic mass is 10.2. The molecule has 2 N–H and O–H groups in total. The molecule has 0 amide bonds. The first kappa shape index (κ1) is 12.8. The number of aliphatic carboxylic acids is 1. The number of rotatable bonds is 5. The summed E-state index contributed by atoms with van der Waals surface area (Å²) < 4.78 is 12.8. The van der Waals surface area contributed by atoms with Crippen LogP contribution in [0.15, 0.2) is 24.3 Å². The second kappa shape index (κ2) is 5.82. The highest BCUT2D eigenvalue weighted by Crippen LogP contribution is 2.20. The standard InChI is InChI=1S/C13H17FN2O2/c14-10-1-3-12(4-2-10)16-8-6-11(9-16)15-7-5-13(17)18/h1-4,11,15H,5-9H2,(H,17,18)/t11-/m0/s1. The van der Waals surface area contributed by atoms with Gasteiger partial charge in [0.05, 0.1) is 6.42 Å². The molecule has 0 unspecified atom stereocenters. The molecule has 0 aliphatic carbocycles. The molecular weight excluding hydrogens is 235 g/mol. The van der Waals surface area contributed by atoms with E-state index in [1.165, 1.54) is 12.1 Å². The fourth-order valence-corrected chi connectivity index (χ4v) is 2.20. The SMILES string of the molecule is O=C(O)CCN[C@H]1CCN(c2ccc(F)cc2)C1. The van der Waals surface area contributed by atoms with Gasteiger partial charge in [0.2, 0.25) is 0 Å². The molecule has 1 aliphatic heterocycles. The summed E-state index contributed by atoms with van der Waals surface area (Å²) in [7, 11) is 0. The lowest BCUT2D eigenvalue weighted by Gasteiger charge is -2.18. The first-order valence-corrected chi connectivity index (χ1v) is 6.11. The maximum absolute atomic E-state index is 12.8. The highest BCUT2D eigenvalue weighted by molar-refractivity contribution is 5.66. The van der Waals surface area contributed by atoms with Crippen molar-refractivity contribution in [2.75, 3.05) is 24.5 Å². The fraction of sp³-hybridized carbons (Fsp3) is 0.462. The number of carboxylic acid groups (broad SMARTS) is 1. The van der Waals surface area contributed by atoms with Crippen LogP contribution in [-0.4, -0.2) is 36.8 Å². The number of anilines is 1. The highest BCUT2D eigenvalue weighted by atomic mass is 19.1. The van der Waals surface area contributed by atoms with Crippen molar-refractivity contribution in [3.8, 4) is 0 Å². The smallest absolute Gasteiger partial charge is 0.304 e. The minimum absolute atomic E-state index is 0.146. The van der Waals surface area contributed by atoms with Crippen LogP contribution in [0.1, 0.15) is 12.8 Å². The lowest BCUT2D eigenvalue weighted by Crippen LogP contribution is -2.33. The van der Waals surface area contributed by atoms with Gasteiger partial charge < -0.3 is 15.3 Å². The molecule has 0 bridgehead atoms. The summed E-state index contributed by atoms with van der Waals surface area (Å²) in [6.07, 6.45) is 1.13. The molecule has 1 fully saturated rings. The number of hydrogen-bond donors (Lipinski definition) is 2. The van der Waals surface area contributed by atoms with E-state index in [0.29, 0.717) is 12.6 Å². The van der Waals surface area contributed by atoms with Gasteiger partial charge in [-0.05, 0) is 30.7 Å². The van der Waals surface area contributed by atoms with Gasteiger partial charge in [-0.1, -0.05) is 0 Å². The molecule has 0 saturated carbocycles. The monoisotopic (exact) mass is 252 g/mol. The molecule has 1 heterocycles. The van der Waals surface area contributed by atoms with Gasteiger partial charge in [0.25, 0.3) is 0 Å². The van der Waals surface area contributed by atoms with Crippen LogP contribution in [0.3, 0.4) is 0 Å². The third-order valence-corrected chi connectivity index (χ3v) is 3.15. The van der Waals surface area contributed by atoms with Crippen molar-refractivity contribution >= 4 is 11.7 Å². The van der Waals surface area contributed by atoms with Crippen LogP contribution < -0.4 is 10.2 Å². The van der Waals surface area contributed by atoms with Gasteiger partial charge in [-0.25, -0.2) is 4.39 Å². The van der Waals surface area contributed by atoms with Crippen molar-refractivity contribution in [3.05, 3.63) is 30.1 Å². The maximum atomic E-state index is 12.8. The predicted molar refractivity (Wildman–Crippen MR) is 67.3 cm³/mol. The number of carboxylic acids is 1. The molecule has 0 radical (unpaired) electrons. The zero-order valence-corrected chi connectivity index (χ0v) is 10.1. The number of hydrogen-bond acceptors (Lipinski definition) is 3. The van der Waals surface area contributed by atoms with E-state index in [1.54, 1.807) is 12.1 Å². The van der Waals surface area contributed by atoms with E-state index < -0.39 is 5.97 Å². The summed E-state index contributed by atoms with van der Waals surface area (Å²) in [6.45, 7) is 2.25. The topological polar surface area (TPSA) is 52.6 Å². The average Bonchev–Trinajstić information content (AvgIpc) is 2.78. The van der Waals surface area contributed by atoms with Crippen LogP contribution >= 0.6 is 0 Å². The van der Waals surface area contributed by atoms with Gasteiger partial charge in [-0.15, -0.1) is 0 Å². The van der Waals surface area contributed by atoms with Crippen molar-refractivity contribution in [2.45, 2.75) is 18.9 Å². The van der Waals surface area contributed by atoms with E-state index in [4.69, 9.17) is 5.11 Å². The summed E-state index contributed by atoms with van der Waals surface area (Å²) in [5.41, 5.74) is 1.01. The molecular formula is C13H17FN2O2. The van der Waals surface area contributed by atoms with Crippen molar-refractivity contribution in [1.29, 1.82) is 0 Å². The summed E-state index contributed by atoms with van der Waals surface area (Å²) in [5.74, 6) is -1.01. The van der Waals surface area contributed by atoms with Crippen LogP contribution in [0.25, 0.3) is 0 Å². The Labute approximate surface area is 105 Å². The van der Waals surface area contributed by atoms with Crippen molar-refractivity contribution in [3.63, 3.8) is 0 Å². The Balaban J connectivity index is 1.81. The number of halogens is 1. The molecule has 18 heavy (non-hydrogen) atoms. The van der Waals surface area contributed by atoms with Crippen molar-refractivity contribution < 1.29 is 14.3 Å². The zero-order valence-electron chi connectivity index (χ0n) is 10.1. The molecule has 1 aromatic carbocycles. The predicted octanol–water partition coefficient (Wildman–Crippen LogP) is 1.47. The zero-order chi connectivity index (χ0) is 13.0. The Bertz CT molecular complexity index is 408. The first-order chi connectivity index (χ1) is 8.65. The Hall–Kier alpha value is -1.62. The fourth-order valence-electron chi connectivity index (χ4n) is 2.20. The maximum Gasteiger partial charge on any atom is 0.304 e. The molecule has 0 spiro atoms. The molecule has 1 saturated heterocycles. The second-order valence-electron chi connectivity index (χ2n) is 4.51. The molecule has 1 aromatic rings. The quantitative estimate of drug-likeness (QED) is 0.833. The number of nitrogens with zero attached hydrogens (tertiary/aromatic N) is 1. The van der Waals surface area contributed by atoms with Gasteiger partial charge in [-0.3, -0.25) is 4.79 Å². The minimum atomic E-state index is -0.782. The van der Waals surface area contributed by atoms with Gasteiger partial charge in [0, 0.05) is 31.4 Å². The number of carbonyl (C=O) groups is 1. The molecule has 1 atom stereocenters. The molecule has 98 valence electrons. The van der Waals surface area contributed by atoms with E-state index in [2.05, 4.69) is 10.2 Å². The lowest BCUT2D eigenvalue weighted by molar-refractivity contribution is -0.136. The van der Waals surface area contributed by atoms with Crippen molar-refractivity contribution in [1.82, 2.24) is 5.32 Å². The second-order valence-corrected chi connectivity index (χ2v) is 4.51. The Morgan fingerprint density at radius 3 is 2.83 bits per heavy atom. The molecule has 2 rings (SSSR count). The van der Waals surface area contributed by atoms with E-state index in [-0.39, 0.29) is 12.2 Å². The van der Waals surface area contributed by atoms with E-state index in [1.807, 2.05) is 0 Å². The first-order valence-electron chi connectivity index (χ1n) is 6.11. The van der Waals surface area contributed by atoms with Crippen LogP contribution in [-0.2, 0) is 4.79 Å². The van der Waals surface area contributed by atoms with Crippen LogP contribution in [0.4, 0.5) is 10.1 Å². The van der Waals surface area contributed by atoms with Crippen LogP contribution in [0, 0.1) is 5.82 Å². The minimum Gasteiger partial charge on any atom is -0.481 e. The van der Waals surface area contributed by atoms with Gasteiger partial charge in [0.1, 0.15) is 5.82 Å². The Morgan fingerprint density at radius 1 is 1.44 bits per heavy atom. The van der Waals surface area contributed by atoms with E-state index >= 15 is 0 Å². The van der Waals surface area contributed by atoms with Crippen LogP contribution in [0.5, 0.6) is 0 Å². The number of nitrogens with one attached hydrogen (secondary N) is 1. The average molecular weight is 252 g/mol. The summed E-state index contributed by atoms with van der Waals surface area (Å²) in [5, 5.41) is 11.8. The van der Waals surface area contributed by atoms with Crippen LogP contribution in [0.2, 0.25) is 0 Å². The van der Waals surface area contributed by atoms with Gasteiger partial charge in [-0.2, -0.15) is 0 Å². The Morgan fingerprint density at radius 2 is 2.17 bits per heavy atom. The van der Waals surface area contributed by atoms with Crippen molar-refractivity contribution in [2.24, 2.45) is 0 Å².